The predicted octanol–water partition coefficient (Wildman–Crippen LogP) is 4.94. The summed E-state index contributed by atoms with van der Waals surface area (Å²) < 4.78 is 0. The van der Waals surface area contributed by atoms with Gasteiger partial charge < -0.3 is 5.32 Å². The third kappa shape index (κ3) is 2.44. The van der Waals surface area contributed by atoms with E-state index in [1.807, 2.05) is 0 Å². The molecule has 0 radical (unpaired) electrons. The van der Waals surface area contributed by atoms with Gasteiger partial charge in [0.05, 0.1) is 0 Å². The molecule has 114 valence electrons. The standard InChI is InChI=1S/C20H29N/c1-2-7-19(14-8-4-3-5-9-14)21-20-13-15-12-18(20)17-11-6-10-16(15)17/h3-5,8-9,15-21H,2,6-7,10-13H2,1H3. The van der Waals surface area contributed by atoms with E-state index in [0.717, 1.165) is 29.7 Å². The highest BCUT2D eigenvalue weighted by molar-refractivity contribution is 5.19. The van der Waals surface area contributed by atoms with Gasteiger partial charge in [-0.1, -0.05) is 50.1 Å². The molecule has 0 saturated heterocycles. The first-order valence-corrected chi connectivity index (χ1v) is 9.17. The molecule has 1 aromatic carbocycles. The number of fused-ring (bicyclic) bond motifs is 5. The molecule has 0 aliphatic heterocycles. The molecule has 0 aromatic heterocycles. The van der Waals surface area contributed by atoms with E-state index in [0.29, 0.717) is 6.04 Å². The van der Waals surface area contributed by atoms with Crippen molar-refractivity contribution in [2.24, 2.45) is 23.7 Å². The van der Waals surface area contributed by atoms with Crippen LogP contribution in [0, 0.1) is 23.7 Å². The summed E-state index contributed by atoms with van der Waals surface area (Å²) >= 11 is 0. The Morgan fingerprint density at radius 3 is 2.67 bits per heavy atom. The van der Waals surface area contributed by atoms with Crippen molar-refractivity contribution >= 4 is 0 Å². The van der Waals surface area contributed by atoms with Gasteiger partial charge in [0.25, 0.3) is 0 Å². The molecule has 3 aliphatic carbocycles. The van der Waals surface area contributed by atoms with Gasteiger partial charge in [0.2, 0.25) is 0 Å². The molecular formula is C20H29N. The smallest absolute Gasteiger partial charge is 0.0322 e. The van der Waals surface area contributed by atoms with Crippen LogP contribution in [0.2, 0.25) is 0 Å². The Morgan fingerprint density at radius 2 is 1.86 bits per heavy atom. The second-order valence-electron chi connectivity index (χ2n) is 7.68. The van der Waals surface area contributed by atoms with Crippen molar-refractivity contribution < 1.29 is 0 Å². The summed E-state index contributed by atoms with van der Waals surface area (Å²) in [5.74, 6) is 4.22. The molecule has 1 heteroatoms. The first kappa shape index (κ1) is 13.8. The van der Waals surface area contributed by atoms with E-state index in [1.54, 1.807) is 0 Å². The number of hydrogen-bond donors (Lipinski definition) is 1. The van der Waals surface area contributed by atoms with Crippen LogP contribution in [0.25, 0.3) is 0 Å². The molecule has 4 rings (SSSR count). The minimum absolute atomic E-state index is 0.570. The molecule has 0 spiro atoms. The van der Waals surface area contributed by atoms with Crippen LogP contribution in [0.15, 0.2) is 30.3 Å². The summed E-state index contributed by atoms with van der Waals surface area (Å²) in [5.41, 5.74) is 1.49. The molecule has 3 saturated carbocycles. The number of nitrogens with one attached hydrogen (secondary N) is 1. The van der Waals surface area contributed by atoms with Crippen molar-refractivity contribution in [2.45, 2.75) is 64.0 Å². The highest BCUT2D eigenvalue weighted by Gasteiger charge is 2.53. The fourth-order valence-electron chi connectivity index (χ4n) is 5.84. The van der Waals surface area contributed by atoms with Gasteiger partial charge in [0.15, 0.2) is 0 Å². The zero-order chi connectivity index (χ0) is 14.2. The molecule has 1 nitrogen and oxygen atoms in total. The third-order valence-corrected chi connectivity index (χ3v) is 6.62. The summed E-state index contributed by atoms with van der Waals surface area (Å²) in [5, 5.41) is 4.08. The molecule has 6 atom stereocenters. The first-order valence-electron chi connectivity index (χ1n) is 9.17. The summed E-state index contributed by atoms with van der Waals surface area (Å²) in [6, 6.07) is 12.5. The van der Waals surface area contributed by atoms with E-state index in [2.05, 4.69) is 42.6 Å². The maximum Gasteiger partial charge on any atom is 0.0322 e. The highest BCUT2D eigenvalue weighted by atomic mass is 15.0. The van der Waals surface area contributed by atoms with Gasteiger partial charge in [-0.3, -0.25) is 0 Å². The zero-order valence-corrected chi connectivity index (χ0v) is 13.3. The van der Waals surface area contributed by atoms with Crippen molar-refractivity contribution in [3.63, 3.8) is 0 Å². The van der Waals surface area contributed by atoms with E-state index < -0.39 is 0 Å². The molecule has 6 unspecified atom stereocenters. The van der Waals surface area contributed by atoms with Gasteiger partial charge >= 0.3 is 0 Å². The lowest BCUT2D eigenvalue weighted by atomic mass is 9.78. The minimum Gasteiger partial charge on any atom is -0.307 e. The Balaban J connectivity index is 1.47. The molecule has 3 fully saturated rings. The number of hydrogen-bond acceptors (Lipinski definition) is 1. The second kappa shape index (κ2) is 5.76. The second-order valence-corrected chi connectivity index (χ2v) is 7.68. The van der Waals surface area contributed by atoms with Gasteiger partial charge in [-0.15, -0.1) is 0 Å². The molecule has 21 heavy (non-hydrogen) atoms. The Morgan fingerprint density at radius 1 is 1.05 bits per heavy atom. The van der Waals surface area contributed by atoms with Crippen LogP contribution in [0.5, 0.6) is 0 Å². The topological polar surface area (TPSA) is 12.0 Å². The first-order chi connectivity index (χ1) is 10.4. The van der Waals surface area contributed by atoms with Crippen LogP contribution in [0.3, 0.4) is 0 Å². The Labute approximate surface area is 129 Å². The average Bonchev–Trinajstić information content (AvgIpc) is 3.20. The lowest BCUT2D eigenvalue weighted by Gasteiger charge is -2.35. The van der Waals surface area contributed by atoms with Crippen LogP contribution in [-0.2, 0) is 0 Å². The van der Waals surface area contributed by atoms with Crippen molar-refractivity contribution in [3.8, 4) is 0 Å². The Bertz CT molecular complexity index is 468. The predicted molar refractivity (Wildman–Crippen MR) is 88.1 cm³/mol. The van der Waals surface area contributed by atoms with E-state index in [-0.39, 0.29) is 0 Å². The van der Waals surface area contributed by atoms with Crippen LogP contribution in [-0.4, -0.2) is 6.04 Å². The molecule has 2 bridgehead atoms. The highest BCUT2D eigenvalue weighted by Crippen LogP contribution is 2.58. The Kier molecular flexibility index (Phi) is 3.79. The summed E-state index contributed by atoms with van der Waals surface area (Å²) in [6.07, 6.45) is 10.1. The van der Waals surface area contributed by atoms with Gasteiger partial charge in [-0.2, -0.15) is 0 Å². The van der Waals surface area contributed by atoms with E-state index >= 15 is 0 Å². The van der Waals surface area contributed by atoms with Gasteiger partial charge in [-0.25, -0.2) is 0 Å². The molecule has 3 aliphatic rings. The van der Waals surface area contributed by atoms with Crippen molar-refractivity contribution in [1.29, 1.82) is 0 Å². The van der Waals surface area contributed by atoms with E-state index in [9.17, 15) is 0 Å². The van der Waals surface area contributed by atoms with Crippen LogP contribution < -0.4 is 5.32 Å². The minimum atomic E-state index is 0.570. The van der Waals surface area contributed by atoms with Crippen LogP contribution in [0.1, 0.15) is 63.5 Å². The summed E-state index contributed by atoms with van der Waals surface area (Å²) in [7, 11) is 0. The monoisotopic (exact) mass is 283 g/mol. The Hall–Kier alpha value is -0.820. The van der Waals surface area contributed by atoms with Crippen LogP contribution >= 0.6 is 0 Å². The van der Waals surface area contributed by atoms with Crippen LogP contribution in [0.4, 0.5) is 0 Å². The summed E-state index contributed by atoms with van der Waals surface area (Å²) in [6.45, 7) is 2.31. The molecule has 1 N–H and O–H groups in total. The van der Waals surface area contributed by atoms with E-state index in [4.69, 9.17) is 0 Å². The quantitative estimate of drug-likeness (QED) is 0.807. The SMILES string of the molecule is CCCC(NC1CC2CC1C1CCCC21)c1ccccc1. The third-order valence-electron chi connectivity index (χ3n) is 6.62. The average molecular weight is 283 g/mol. The van der Waals surface area contributed by atoms with Crippen molar-refractivity contribution in [2.75, 3.05) is 0 Å². The molecular weight excluding hydrogens is 254 g/mol. The van der Waals surface area contributed by atoms with E-state index in [1.165, 1.54) is 50.5 Å². The number of rotatable bonds is 5. The summed E-state index contributed by atoms with van der Waals surface area (Å²) in [4.78, 5) is 0. The number of benzene rings is 1. The van der Waals surface area contributed by atoms with Gasteiger partial charge in [-0.05, 0) is 61.3 Å². The zero-order valence-electron chi connectivity index (χ0n) is 13.3. The van der Waals surface area contributed by atoms with Gasteiger partial charge in [0, 0.05) is 12.1 Å². The maximum absolute atomic E-state index is 4.08. The molecule has 0 heterocycles. The molecule has 0 amide bonds. The fraction of sp³-hybridized carbons (Fsp3) is 0.700. The largest absolute Gasteiger partial charge is 0.307 e. The molecule has 1 aromatic rings. The fourth-order valence-corrected chi connectivity index (χ4v) is 5.84. The van der Waals surface area contributed by atoms with Gasteiger partial charge in [0.1, 0.15) is 0 Å². The van der Waals surface area contributed by atoms with Crippen molar-refractivity contribution in [3.05, 3.63) is 35.9 Å². The maximum atomic E-state index is 4.08. The normalized spacial score (nSPS) is 38.6. The lowest BCUT2D eigenvalue weighted by Crippen LogP contribution is -2.41. The van der Waals surface area contributed by atoms with Crippen molar-refractivity contribution in [1.82, 2.24) is 5.32 Å². The lowest BCUT2D eigenvalue weighted by molar-refractivity contribution is 0.195.